The lowest BCUT2D eigenvalue weighted by Gasteiger charge is -1.84. The molecule has 0 atom stereocenters. The molecule has 3 nitrogen and oxygen atoms in total. The van der Waals surface area contributed by atoms with E-state index in [9.17, 15) is 4.79 Å². The quantitative estimate of drug-likeness (QED) is 0.639. The Morgan fingerprint density at radius 3 is 2.50 bits per heavy atom. The van der Waals surface area contributed by atoms with Crippen molar-refractivity contribution in [3.63, 3.8) is 0 Å². The van der Waals surface area contributed by atoms with Crippen molar-refractivity contribution >= 4 is 5.78 Å². The first-order valence-electron chi connectivity index (χ1n) is 4.19. The summed E-state index contributed by atoms with van der Waals surface area (Å²) in [6.45, 7) is 7.51. The molecule has 0 N–H and O–H groups in total. The molecule has 1 rings (SSSR count). The molecule has 12 heavy (non-hydrogen) atoms. The number of hydrogen-bond acceptors (Lipinski definition) is 3. The van der Waals surface area contributed by atoms with Gasteiger partial charge >= 0.3 is 0 Å². The lowest BCUT2D eigenvalue weighted by atomic mass is 10.2. The number of carbonyl (C=O) groups is 1. The maximum absolute atomic E-state index is 10.9. The summed E-state index contributed by atoms with van der Waals surface area (Å²) < 4.78 is 4.86. The number of nitrogens with zero attached hydrogens (tertiary/aromatic N) is 1. The third-order valence-corrected chi connectivity index (χ3v) is 1.23. The first-order valence-corrected chi connectivity index (χ1v) is 4.19. The van der Waals surface area contributed by atoms with Crippen molar-refractivity contribution < 1.29 is 9.21 Å². The highest BCUT2D eigenvalue weighted by molar-refractivity contribution is 5.93. The van der Waals surface area contributed by atoms with Gasteiger partial charge in [0.25, 0.3) is 0 Å². The Kier molecular flexibility index (Phi) is 5.00. The normalized spacial score (nSPS) is 8.67. The standard InChI is InChI=1S/C7H9NO2.C2H6/c1-3-7(9)6-4-10-5(2)8-6;1-2/h4H,3H2,1-2H3;1-2H3. The van der Waals surface area contributed by atoms with Crippen molar-refractivity contribution in [2.45, 2.75) is 34.1 Å². The van der Waals surface area contributed by atoms with Gasteiger partial charge in [0.1, 0.15) is 12.0 Å². The Morgan fingerprint density at radius 1 is 1.58 bits per heavy atom. The van der Waals surface area contributed by atoms with Gasteiger partial charge in [-0.2, -0.15) is 0 Å². The van der Waals surface area contributed by atoms with Gasteiger partial charge in [-0.05, 0) is 0 Å². The van der Waals surface area contributed by atoms with E-state index in [-0.39, 0.29) is 5.78 Å². The van der Waals surface area contributed by atoms with Crippen molar-refractivity contribution in [3.8, 4) is 0 Å². The Bertz CT molecular complexity index is 240. The molecular weight excluding hydrogens is 154 g/mol. The molecule has 1 aromatic heterocycles. The minimum absolute atomic E-state index is 0.0249. The van der Waals surface area contributed by atoms with Crippen LogP contribution in [0.25, 0.3) is 0 Å². The fraction of sp³-hybridized carbons (Fsp3) is 0.556. The second kappa shape index (κ2) is 5.52. The highest BCUT2D eigenvalue weighted by Crippen LogP contribution is 2.02. The van der Waals surface area contributed by atoms with E-state index in [0.717, 1.165) is 0 Å². The summed E-state index contributed by atoms with van der Waals surface area (Å²) >= 11 is 0. The summed E-state index contributed by atoms with van der Waals surface area (Å²) in [6.07, 6.45) is 1.87. The molecule has 1 heterocycles. The first kappa shape index (κ1) is 10.9. The minimum atomic E-state index is 0.0249. The average molecular weight is 169 g/mol. The number of rotatable bonds is 2. The fourth-order valence-electron chi connectivity index (χ4n) is 0.673. The maximum Gasteiger partial charge on any atom is 0.191 e. The van der Waals surface area contributed by atoms with E-state index < -0.39 is 0 Å². The zero-order chi connectivity index (χ0) is 9.56. The molecule has 0 aliphatic carbocycles. The number of aryl methyl sites for hydroxylation is 1. The second-order valence-corrected chi connectivity index (χ2v) is 2.03. The predicted octanol–water partition coefficient (Wildman–Crippen LogP) is 2.60. The summed E-state index contributed by atoms with van der Waals surface area (Å²) in [7, 11) is 0. The topological polar surface area (TPSA) is 43.1 Å². The number of hydrogen-bond donors (Lipinski definition) is 0. The lowest BCUT2D eigenvalue weighted by molar-refractivity contribution is 0.0983. The van der Waals surface area contributed by atoms with Crippen LogP contribution in [0.3, 0.4) is 0 Å². The zero-order valence-corrected chi connectivity index (χ0v) is 8.05. The molecule has 0 amide bonds. The first-order chi connectivity index (χ1) is 5.74. The van der Waals surface area contributed by atoms with Crippen LogP contribution in [0.1, 0.15) is 43.6 Å². The lowest BCUT2D eigenvalue weighted by Crippen LogP contribution is -1.95. The molecule has 68 valence electrons. The summed E-state index contributed by atoms with van der Waals surface area (Å²) in [5.41, 5.74) is 0.431. The van der Waals surface area contributed by atoms with Crippen LogP contribution in [0.5, 0.6) is 0 Å². The number of ketones is 1. The van der Waals surface area contributed by atoms with E-state index in [1.54, 1.807) is 13.8 Å². The van der Waals surface area contributed by atoms with E-state index >= 15 is 0 Å². The molecule has 1 aromatic rings. The molecule has 0 fully saturated rings. The van der Waals surface area contributed by atoms with Gasteiger partial charge in [0.15, 0.2) is 11.7 Å². The van der Waals surface area contributed by atoms with E-state index in [4.69, 9.17) is 4.42 Å². The Balaban J connectivity index is 0.000000561. The largest absolute Gasteiger partial charge is 0.449 e. The molecule has 0 aromatic carbocycles. The van der Waals surface area contributed by atoms with Crippen LogP contribution in [0.4, 0.5) is 0 Å². The Morgan fingerprint density at radius 2 is 2.17 bits per heavy atom. The number of oxazole rings is 1. The molecule has 3 heteroatoms. The predicted molar refractivity (Wildman–Crippen MR) is 47.2 cm³/mol. The smallest absolute Gasteiger partial charge is 0.191 e. The summed E-state index contributed by atoms with van der Waals surface area (Å²) in [6, 6.07) is 0. The molecule has 0 aliphatic rings. The van der Waals surface area contributed by atoms with E-state index in [1.807, 2.05) is 13.8 Å². The third-order valence-electron chi connectivity index (χ3n) is 1.23. The molecule has 0 saturated carbocycles. The van der Waals surface area contributed by atoms with E-state index in [1.165, 1.54) is 6.26 Å². The number of aromatic nitrogens is 1. The van der Waals surface area contributed by atoms with Gasteiger partial charge in [0.2, 0.25) is 0 Å². The van der Waals surface area contributed by atoms with Crippen LogP contribution < -0.4 is 0 Å². The molecule has 0 bridgehead atoms. The highest BCUT2D eigenvalue weighted by Gasteiger charge is 2.06. The summed E-state index contributed by atoms with van der Waals surface area (Å²) in [5.74, 6) is 0.564. The van der Waals surface area contributed by atoms with Gasteiger partial charge in [-0.25, -0.2) is 4.98 Å². The van der Waals surface area contributed by atoms with Gasteiger partial charge in [0, 0.05) is 13.3 Å². The van der Waals surface area contributed by atoms with Crippen LogP contribution in [-0.2, 0) is 0 Å². The van der Waals surface area contributed by atoms with Crippen LogP contribution in [0.15, 0.2) is 10.7 Å². The van der Waals surface area contributed by atoms with Gasteiger partial charge in [-0.3, -0.25) is 4.79 Å². The SMILES string of the molecule is CC.CCC(=O)c1coc(C)n1. The zero-order valence-electron chi connectivity index (χ0n) is 8.05. The summed E-state index contributed by atoms with van der Waals surface area (Å²) in [4.78, 5) is 14.8. The van der Waals surface area contributed by atoms with E-state index in [0.29, 0.717) is 18.0 Å². The molecular formula is C9H15NO2. The van der Waals surface area contributed by atoms with Crippen molar-refractivity contribution in [1.82, 2.24) is 4.98 Å². The van der Waals surface area contributed by atoms with Gasteiger partial charge in [-0.1, -0.05) is 20.8 Å². The molecule has 0 radical (unpaired) electrons. The van der Waals surface area contributed by atoms with Crippen LogP contribution >= 0.6 is 0 Å². The van der Waals surface area contributed by atoms with E-state index in [2.05, 4.69) is 4.98 Å². The van der Waals surface area contributed by atoms with Crippen LogP contribution in [0.2, 0.25) is 0 Å². The molecule has 0 saturated heterocycles. The highest BCUT2D eigenvalue weighted by atomic mass is 16.3. The maximum atomic E-state index is 10.9. The average Bonchev–Trinajstić information content (AvgIpc) is 2.54. The van der Waals surface area contributed by atoms with Crippen LogP contribution in [0, 0.1) is 6.92 Å². The van der Waals surface area contributed by atoms with Crippen molar-refractivity contribution in [2.24, 2.45) is 0 Å². The van der Waals surface area contributed by atoms with Crippen molar-refractivity contribution in [3.05, 3.63) is 17.8 Å². The molecule has 0 unspecified atom stereocenters. The Hall–Kier alpha value is -1.12. The third kappa shape index (κ3) is 2.86. The Labute approximate surface area is 72.8 Å². The number of carbonyl (C=O) groups excluding carboxylic acids is 1. The monoisotopic (exact) mass is 169 g/mol. The van der Waals surface area contributed by atoms with Gasteiger partial charge in [0.05, 0.1) is 0 Å². The van der Waals surface area contributed by atoms with Gasteiger partial charge < -0.3 is 4.42 Å². The summed E-state index contributed by atoms with van der Waals surface area (Å²) in [5, 5.41) is 0. The molecule has 0 aliphatic heterocycles. The number of Topliss-reactive ketones (excluding diaryl/α,β-unsaturated/α-hetero) is 1. The second-order valence-electron chi connectivity index (χ2n) is 2.03. The van der Waals surface area contributed by atoms with Crippen molar-refractivity contribution in [1.29, 1.82) is 0 Å². The van der Waals surface area contributed by atoms with Gasteiger partial charge in [-0.15, -0.1) is 0 Å². The minimum Gasteiger partial charge on any atom is -0.449 e. The fourth-order valence-corrected chi connectivity index (χ4v) is 0.673. The van der Waals surface area contributed by atoms with Crippen molar-refractivity contribution in [2.75, 3.05) is 0 Å². The molecule has 0 spiro atoms. The van der Waals surface area contributed by atoms with Crippen LogP contribution in [-0.4, -0.2) is 10.8 Å².